The van der Waals surface area contributed by atoms with Gasteiger partial charge in [-0.05, 0) is 44.9 Å². The Kier molecular flexibility index (Phi) is 22.7. The van der Waals surface area contributed by atoms with E-state index in [2.05, 4.69) is 43.5 Å². The van der Waals surface area contributed by atoms with Crippen molar-refractivity contribution in [2.45, 2.75) is 109 Å². The van der Waals surface area contributed by atoms with E-state index in [0.717, 1.165) is 44.9 Å². The molecule has 3 atom stereocenters. The zero-order valence-corrected chi connectivity index (χ0v) is 26.2. The highest BCUT2D eigenvalue weighted by atomic mass is 31.2. The van der Waals surface area contributed by atoms with Gasteiger partial charge in [-0.15, -0.1) is 0 Å². The molecule has 39 heavy (non-hydrogen) atoms. The van der Waals surface area contributed by atoms with E-state index in [1.165, 1.54) is 32.1 Å². The summed E-state index contributed by atoms with van der Waals surface area (Å²) in [5.74, 6) is -0.221. The summed E-state index contributed by atoms with van der Waals surface area (Å²) in [6, 6.07) is -0.859. The van der Waals surface area contributed by atoms with Crippen LogP contribution in [0.25, 0.3) is 0 Å². The predicted molar refractivity (Wildman–Crippen MR) is 161 cm³/mol. The van der Waals surface area contributed by atoms with Crippen molar-refractivity contribution in [1.82, 2.24) is 5.32 Å². The fraction of sp³-hybridized carbons (Fsp3) is 0.767. The average molecular weight is 574 g/mol. The number of aliphatic hydroxyl groups is 1. The number of hydrogen-bond donors (Lipinski definition) is 3. The molecule has 0 aromatic heterocycles. The van der Waals surface area contributed by atoms with Gasteiger partial charge in [0.05, 0.1) is 39.9 Å². The van der Waals surface area contributed by atoms with E-state index in [0.29, 0.717) is 17.4 Å². The van der Waals surface area contributed by atoms with Crippen LogP contribution in [0.15, 0.2) is 36.5 Å². The van der Waals surface area contributed by atoms with Gasteiger partial charge in [0.15, 0.2) is 0 Å². The number of unbranched alkanes of at least 4 members (excludes halogenated alkanes) is 8. The second kappa shape index (κ2) is 23.4. The lowest BCUT2D eigenvalue weighted by Crippen LogP contribution is -2.45. The van der Waals surface area contributed by atoms with E-state index in [4.69, 9.17) is 9.05 Å². The minimum atomic E-state index is -4.31. The summed E-state index contributed by atoms with van der Waals surface area (Å²) in [5.41, 5.74) is 0. The Balaban J connectivity index is 4.61. The Morgan fingerprint density at radius 2 is 1.41 bits per heavy atom. The number of allylic oxidation sites excluding steroid dienone is 5. The molecule has 8 nitrogen and oxygen atoms in total. The quantitative estimate of drug-likeness (QED) is 0.0502. The Bertz CT molecular complexity index is 748. The molecule has 0 radical (unpaired) electrons. The maximum absolute atomic E-state index is 12.4. The van der Waals surface area contributed by atoms with E-state index < -0.39 is 20.0 Å². The van der Waals surface area contributed by atoms with Crippen LogP contribution in [-0.2, 0) is 18.4 Å². The van der Waals surface area contributed by atoms with Crippen molar-refractivity contribution in [3.63, 3.8) is 0 Å². The molecule has 9 heteroatoms. The van der Waals surface area contributed by atoms with Gasteiger partial charge in [-0.3, -0.25) is 13.8 Å². The Morgan fingerprint density at radius 3 is 2.00 bits per heavy atom. The van der Waals surface area contributed by atoms with Gasteiger partial charge in [0.1, 0.15) is 13.2 Å². The summed E-state index contributed by atoms with van der Waals surface area (Å²) >= 11 is 0. The lowest BCUT2D eigenvalue weighted by Gasteiger charge is -2.25. The standard InChI is InChI=1S/C30H57N2O6P/c1-6-8-10-11-12-13-14-15-16-17-18-19-20-22-23-29(33)28(31-30(34)24-21-9-7-2)27-38-39(35,36)37-26-25-32(3,4)5/h13-14,17-18,22-23,28-29,33H,6-12,15-16,19-21,24-27H2,1-5H3,(H-,31,34,35,36)/p+1/b14-13+,18-17+,23-22+. The van der Waals surface area contributed by atoms with Crippen LogP contribution < -0.4 is 5.32 Å². The molecule has 0 aromatic rings. The summed E-state index contributed by atoms with van der Waals surface area (Å²) in [6.07, 6.45) is 24.3. The van der Waals surface area contributed by atoms with Crippen molar-refractivity contribution in [2.24, 2.45) is 0 Å². The number of quaternary nitrogens is 1. The highest BCUT2D eigenvalue weighted by molar-refractivity contribution is 7.47. The fourth-order valence-corrected chi connectivity index (χ4v) is 4.33. The summed E-state index contributed by atoms with van der Waals surface area (Å²) in [5, 5.41) is 13.4. The lowest BCUT2D eigenvalue weighted by atomic mass is 10.1. The van der Waals surface area contributed by atoms with Gasteiger partial charge in [0.25, 0.3) is 0 Å². The number of nitrogens with one attached hydrogen (secondary N) is 1. The molecular weight excluding hydrogens is 515 g/mol. The maximum Gasteiger partial charge on any atom is 0.472 e. The van der Waals surface area contributed by atoms with Crippen LogP contribution in [0.3, 0.4) is 0 Å². The molecule has 0 saturated carbocycles. The molecule has 3 N–H and O–H groups in total. The van der Waals surface area contributed by atoms with Gasteiger partial charge < -0.3 is 19.8 Å². The maximum atomic E-state index is 12.4. The summed E-state index contributed by atoms with van der Waals surface area (Å²) in [7, 11) is 1.53. The van der Waals surface area contributed by atoms with Gasteiger partial charge in [-0.2, -0.15) is 0 Å². The molecule has 1 amide bonds. The molecule has 0 spiro atoms. The van der Waals surface area contributed by atoms with Gasteiger partial charge in [0.2, 0.25) is 5.91 Å². The van der Waals surface area contributed by atoms with Crippen LogP contribution in [0.1, 0.15) is 97.3 Å². The van der Waals surface area contributed by atoms with Crippen molar-refractivity contribution in [2.75, 3.05) is 40.9 Å². The molecule has 228 valence electrons. The first-order valence-electron chi connectivity index (χ1n) is 14.9. The van der Waals surface area contributed by atoms with Crippen LogP contribution in [0.4, 0.5) is 0 Å². The normalized spacial score (nSPS) is 15.8. The van der Waals surface area contributed by atoms with Crippen LogP contribution in [0, 0.1) is 0 Å². The third-order valence-corrected chi connectivity index (χ3v) is 7.07. The molecule has 0 aromatic carbocycles. The number of rotatable bonds is 25. The lowest BCUT2D eigenvalue weighted by molar-refractivity contribution is -0.870. The van der Waals surface area contributed by atoms with E-state index in [9.17, 15) is 19.4 Å². The monoisotopic (exact) mass is 573 g/mol. The van der Waals surface area contributed by atoms with Crippen molar-refractivity contribution in [1.29, 1.82) is 0 Å². The number of nitrogens with zero attached hydrogens (tertiary/aromatic N) is 1. The Labute approximate surface area is 238 Å². The number of hydrogen-bond acceptors (Lipinski definition) is 5. The largest absolute Gasteiger partial charge is 0.472 e. The topological polar surface area (TPSA) is 105 Å². The van der Waals surface area contributed by atoms with E-state index in [-0.39, 0.29) is 19.1 Å². The van der Waals surface area contributed by atoms with Crippen molar-refractivity contribution >= 4 is 13.7 Å². The van der Waals surface area contributed by atoms with E-state index >= 15 is 0 Å². The highest BCUT2D eigenvalue weighted by Crippen LogP contribution is 2.43. The first-order valence-corrected chi connectivity index (χ1v) is 16.4. The number of carbonyl (C=O) groups is 1. The first-order chi connectivity index (χ1) is 18.5. The van der Waals surface area contributed by atoms with E-state index in [1.54, 1.807) is 6.08 Å². The summed E-state index contributed by atoms with van der Waals surface area (Å²) in [4.78, 5) is 22.4. The van der Waals surface area contributed by atoms with Gasteiger partial charge in [0, 0.05) is 6.42 Å². The molecule has 0 aliphatic rings. The molecule has 0 heterocycles. The molecule has 0 rings (SSSR count). The molecule has 3 unspecified atom stereocenters. The number of phosphoric ester groups is 1. The zero-order chi connectivity index (χ0) is 29.4. The van der Waals surface area contributed by atoms with Crippen molar-refractivity contribution in [3.8, 4) is 0 Å². The van der Waals surface area contributed by atoms with E-state index in [1.807, 2.05) is 27.2 Å². The van der Waals surface area contributed by atoms with Crippen LogP contribution in [-0.4, -0.2) is 73.4 Å². The van der Waals surface area contributed by atoms with Crippen LogP contribution >= 0.6 is 7.82 Å². The highest BCUT2D eigenvalue weighted by Gasteiger charge is 2.27. The summed E-state index contributed by atoms with van der Waals surface area (Å²) < 4.78 is 23.1. The second-order valence-corrected chi connectivity index (χ2v) is 12.6. The SMILES string of the molecule is CCCCCC/C=C/CC/C=C/CC/C=C/C(O)C(COP(=O)(O)OCC[N+](C)(C)C)NC(=O)CCCCC. The fourth-order valence-electron chi connectivity index (χ4n) is 3.60. The van der Waals surface area contributed by atoms with Gasteiger partial charge in [-0.25, -0.2) is 4.57 Å². The van der Waals surface area contributed by atoms with Crippen molar-refractivity contribution in [3.05, 3.63) is 36.5 Å². The number of likely N-dealkylation sites (N-methyl/N-ethyl adjacent to an activating group) is 1. The first kappa shape index (κ1) is 37.7. The molecule has 0 aliphatic heterocycles. The van der Waals surface area contributed by atoms with Crippen LogP contribution in [0.2, 0.25) is 0 Å². The molecule has 0 aliphatic carbocycles. The Hall–Kier alpha value is -1.28. The molecule has 0 saturated heterocycles. The predicted octanol–water partition coefficient (Wildman–Crippen LogP) is 6.45. The average Bonchev–Trinajstić information content (AvgIpc) is 2.85. The number of aliphatic hydroxyl groups excluding tert-OH is 1. The number of carbonyl (C=O) groups excluding carboxylic acids is 1. The molecule has 0 bridgehead atoms. The summed E-state index contributed by atoms with van der Waals surface area (Å²) in [6.45, 7) is 4.53. The smallest absolute Gasteiger partial charge is 0.387 e. The number of phosphoric acid groups is 1. The molecule has 0 fully saturated rings. The molecular formula is C30H58N2O6P+. The Morgan fingerprint density at radius 1 is 0.846 bits per heavy atom. The van der Waals surface area contributed by atoms with Gasteiger partial charge >= 0.3 is 7.82 Å². The number of amides is 1. The minimum absolute atomic E-state index is 0.0522. The third-order valence-electron chi connectivity index (χ3n) is 6.09. The van der Waals surface area contributed by atoms with Crippen molar-refractivity contribution < 1.29 is 32.9 Å². The van der Waals surface area contributed by atoms with Gasteiger partial charge in [-0.1, -0.05) is 82.4 Å². The second-order valence-electron chi connectivity index (χ2n) is 11.1. The minimum Gasteiger partial charge on any atom is -0.387 e. The van der Waals surface area contributed by atoms with Crippen LogP contribution in [0.5, 0.6) is 0 Å². The zero-order valence-electron chi connectivity index (χ0n) is 25.4. The third kappa shape index (κ3) is 25.4.